The third kappa shape index (κ3) is 2.42. The highest BCUT2D eigenvalue weighted by molar-refractivity contribution is 7.34. The number of benzene rings is 2. The molecule has 0 aliphatic heterocycles. The lowest BCUT2D eigenvalue weighted by atomic mass is 10.3. The van der Waals surface area contributed by atoms with E-state index in [2.05, 4.69) is 9.97 Å². The summed E-state index contributed by atoms with van der Waals surface area (Å²) in [6.45, 7) is 0. The second kappa shape index (κ2) is 5.20. The Morgan fingerprint density at radius 1 is 0.773 bits per heavy atom. The van der Waals surface area contributed by atoms with E-state index in [9.17, 15) is 4.57 Å². The van der Waals surface area contributed by atoms with Crippen molar-refractivity contribution in [2.45, 2.75) is 0 Å². The number of rotatable bonds is 4. The van der Waals surface area contributed by atoms with Crippen LogP contribution in [0.5, 0.6) is 12.2 Å². The molecule has 4 rings (SSSR count). The van der Waals surface area contributed by atoms with Crippen molar-refractivity contribution in [2.75, 3.05) is 0 Å². The van der Waals surface area contributed by atoms with Gasteiger partial charge in [-0.05, 0) is 24.3 Å². The predicted molar refractivity (Wildman–Crippen MR) is 78.3 cm³/mol. The average Bonchev–Trinajstić information content (AvgIpc) is 3.08. The first-order chi connectivity index (χ1) is 10.8. The predicted octanol–water partition coefficient (Wildman–Crippen LogP) is 3.82. The van der Waals surface area contributed by atoms with Gasteiger partial charge in [0.25, 0.3) is 0 Å². The van der Waals surface area contributed by atoms with Crippen LogP contribution in [0.4, 0.5) is 0 Å². The monoisotopic (exact) mass is 316 g/mol. The third-order valence-electron chi connectivity index (χ3n) is 2.89. The quantitative estimate of drug-likeness (QED) is 0.529. The van der Waals surface area contributed by atoms with Crippen molar-refractivity contribution in [3.8, 4) is 12.2 Å². The summed E-state index contributed by atoms with van der Waals surface area (Å²) >= 11 is 0. The van der Waals surface area contributed by atoms with Crippen LogP contribution in [-0.4, -0.2) is 9.97 Å². The molecule has 0 aliphatic rings. The standard InChI is InChI=1S/C14H9N2O5P/c17-22(20-13-15-9-5-1-3-7-11(9)18-13)21-14-16-10-6-2-4-8-12(10)19-14/h1-8,22H. The second-order valence-corrected chi connectivity index (χ2v) is 5.26. The molecule has 8 heteroatoms. The van der Waals surface area contributed by atoms with Crippen molar-refractivity contribution < 1.29 is 22.4 Å². The minimum atomic E-state index is -2.95. The molecule has 110 valence electrons. The van der Waals surface area contributed by atoms with Crippen LogP contribution in [0.1, 0.15) is 0 Å². The second-order valence-electron chi connectivity index (χ2n) is 4.35. The van der Waals surface area contributed by atoms with Crippen LogP contribution in [0.25, 0.3) is 22.2 Å². The zero-order chi connectivity index (χ0) is 14.9. The fourth-order valence-electron chi connectivity index (χ4n) is 1.95. The van der Waals surface area contributed by atoms with Gasteiger partial charge >= 0.3 is 20.4 Å². The van der Waals surface area contributed by atoms with E-state index in [0.29, 0.717) is 22.2 Å². The van der Waals surface area contributed by atoms with Gasteiger partial charge in [-0.3, -0.25) is 0 Å². The van der Waals surface area contributed by atoms with Crippen LogP contribution < -0.4 is 9.05 Å². The molecule has 0 aliphatic carbocycles. The zero-order valence-electron chi connectivity index (χ0n) is 11.1. The van der Waals surface area contributed by atoms with Crippen LogP contribution in [-0.2, 0) is 4.57 Å². The number of hydrogen-bond acceptors (Lipinski definition) is 7. The number of para-hydroxylation sites is 4. The molecule has 0 radical (unpaired) electrons. The Kier molecular flexibility index (Phi) is 3.05. The molecule has 0 N–H and O–H groups in total. The maximum absolute atomic E-state index is 11.9. The Bertz CT molecular complexity index is 833. The minimum absolute atomic E-state index is 0.124. The Morgan fingerprint density at radius 3 is 1.68 bits per heavy atom. The van der Waals surface area contributed by atoms with E-state index in [0.717, 1.165) is 0 Å². The molecule has 2 aromatic carbocycles. The highest BCUT2D eigenvalue weighted by Crippen LogP contribution is 2.32. The van der Waals surface area contributed by atoms with E-state index >= 15 is 0 Å². The van der Waals surface area contributed by atoms with Gasteiger partial charge in [-0.25, -0.2) is 4.57 Å². The number of fused-ring (bicyclic) bond motifs is 2. The molecule has 2 aromatic heterocycles. The summed E-state index contributed by atoms with van der Waals surface area (Å²) in [7, 11) is -2.95. The van der Waals surface area contributed by atoms with Crippen LogP contribution in [0.15, 0.2) is 57.4 Å². The van der Waals surface area contributed by atoms with E-state index in [4.69, 9.17) is 17.9 Å². The van der Waals surface area contributed by atoms with Crippen molar-refractivity contribution in [3.05, 3.63) is 48.5 Å². The lowest BCUT2D eigenvalue weighted by Crippen LogP contribution is -1.88. The maximum atomic E-state index is 11.9. The van der Waals surface area contributed by atoms with Crippen LogP contribution in [0.3, 0.4) is 0 Å². The van der Waals surface area contributed by atoms with Gasteiger partial charge < -0.3 is 17.9 Å². The lowest BCUT2D eigenvalue weighted by Gasteiger charge is -1.99. The molecule has 7 nitrogen and oxygen atoms in total. The summed E-state index contributed by atoms with van der Waals surface area (Å²) in [6.07, 6.45) is -0.248. The van der Waals surface area contributed by atoms with Gasteiger partial charge in [0.15, 0.2) is 11.2 Å². The Hall–Kier alpha value is -2.79. The fourth-order valence-corrected chi connectivity index (χ4v) is 2.45. The van der Waals surface area contributed by atoms with Gasteiger partial charge in [0, 0.05) is 0 Å². The molecular formula is C14H9N2O5P. The Balaban J connectivity index is 1.52. The Labute approximate surface area is 124 Å². The van der Waals surface area contributed by atoms with Crippen LogP contribution >= 0.6 is 8.25 Å². The molecule has 4 aromatic rings. The van der Waals surface area contributed by atoms with Gasteiger partial charge in [-0.15, -0.1) is 0 Å². The minimum Gasteiger partial charge on any atom is -0.409 e. The van der Waals surface area contributed by atoms with E-state index in [1.807, 2.05) is 12.1 Å². The summed E-state index contributed by atoms with van der Waals surface area (Å²) in [5.41, 5.74) is 2.28. The molecule has 0 bridgehead atoms. The Morgan fingerprint density at radius 2 is 1.23 bits per heavy atom. The lowest BCUT2D eigenvalue weighted by molar-refractivity contribution is 0.317. The summed E-state index contributed by atoms with van der Waals surface area (Å²) in [5.74, 6) is 0. The SMILES string of the molecule is O=[PH](Oc1nc2ccccc2o1)Oc1nc2ccccc2o1. The number of oxazole rings is 2. The molecule has 0 saturated heterocycles. The van der Waals surface area contributed by atoms with Crippen LogP contribution in [0.2, 0.25) is 0 Å². The number of aromatic nitrogens is 2. The number of nitrogens with zero attached hydrogens (tertiary/aromatic N) is 2. The molecule has 0 amide bonds. The largest absolute Gasteiger partial charge is 0.425 e. The fraction of sp³-hybridized carbons (Fsp3) is 0. The summed E-state index contributed by atoms with van der Waals surface area (Å²) in [5, 5.41) is 0. The summed E-state index contributed by atoms with van der Waals surface area (Å²) in [4.78, 5) is 8.09. The maximum Gasteiger partial charge on any atom is 0.425 e. The van der Waals surface area contributed by atoms with Crippen molar-refractivity contribution >= 4 is 30.5 Å². The number of hydrogen-bond donors (Lipinski definition) is 0. The van der Waals surface area contributed by atoms with Crippen molar-refractivity contribution in [3.63, 3.8) is 0 Å². The first-order valence-electron chi connectivity index (χ1n) is 6.39. The molecule has 0 unspecified atom stereocenters. The smallest absolute Gasteiger partial charge is 0.409 e. The molecule has 0 saturated carbocycles. The molecule has 0 fully saturated rings. The van der Waals surface area contributed by atoms with Crippen molar-refractivity contribution in [1.82, 2.24) is 9.97 Å². The molecule has 2 heterocycles. The first-order valence-corrected chi connectivity index (χ1v) is 7.61. The average molecular weight is 316 g/mol. The van der Waals surface area contributed by atoms with Gasteiger partial charge in [0.2, 0.25) is 0 Å². The van der Waals surface area contributed by atoms with Crippen LogP contribution in [0, 0.1) is 0 Å². The summed E-state index contributed by atoms with van der Waals surface area (Å²) in [6, 6.07) is 14.2. The first kappa shape index (κ1) is 12.9. The third-order valence-corrected chi connectivity index (χ3v) is 3.57. The van der Waals surface area contributed by atoms with Gasteiger partial charge in [-0.2, -0.15) is 9.97 Å². The molecular weight excluding hydrogens is 307 g/mol. The van der Waals surface area contributed by atoms with Crippen molar-refractivity contribution in [2.24, 2.45) is 0 Å². The highest BCUT2D eigenvalue weighted by Gasteiger charge is 2.14. The molecule has 0 atom stereocenters. The summed E-state index contributed by atoms with van der Waals surface area (Å²) < 4.78 is 32.6. The van der Waals surface area contributed by atoms with Gasteiger partial charge in [0.05, 0.1) is 0 Å². The molecule has 22 heavy (non-hydrogen) atoms. The van der Waals surface area contributed by atoms with Crippen molar-refractivity contribution in [1.29, 1.82) is 0 Å². The molecule has 0 spiro atoms. The zero-order valence-corrected chi connectivity index (χ0v) is 12.1. The van der Waals surface area contributed by atoms with E-state index in [1.165, 1.54) is 0 Å². The van der Waals surface area contributed by atoms with E-state index in [1.54, 1.807) is 36.4 Å². The van der Waals surface area contributed by atoms with Gasteiger partial charge in [0.1, 0.15) is 11.0 Å². The highest BCUT2D eigenvalue weighted by atomic mass is 31.1. The van der Waals surface area contributed by atoms with Gasteiger partial charge in [-0.1, -0.05) is 24.3 Å². The normalized spacial score (nSPS) is 11.3. The topological polar surface area (TPSA) is 87.6 Å². The van der Waals surface area contributed by atoms with E-state index in [-0.39, 0.29) is 12.2 Å². The van der Waals surface area contributed by atoms with E-state index < -0.39 is 8.25 Å².